The number of rotatable bonds is 2. The average Bonchev–Trinajstić information content (AvgIpc) is 2.65. The molecule has 14 heavy (non-hydrogen) atoms. The lowest BCUT2D eigenvalue weighted by atomic mass is 10.1. The second-order valence-corrected chi connectivity index (χ2v) is 2.93. The van der Waals surface area contributed by atoms with Gasteiger partial charge in [0.25, 0.3) is 0 Å². The van der Waals surface area contributed by atoms with Crippen molar-refractivity contribution in [2.24, 2.45) is 7.05 Å². The fourth-order valence-corrected chi connectivity index (χ4v) is 1.20. The zero-order chi connectivity index (χ0) is 9.97. The number of aromatic nitrogens is 4. The summed E-state index contributed by atoms with van der Waals surface area (Å²) in [6.45, 7) is 3.71. The van der Waals surface area contributed by atoms with E-state index in [1.54, 1.807) is 13.1 Å². The maximum atomic E-state index is 4.12. The lowest BCUT2D eigenvalue weighted by Crippen LogP contribution is -1.91. The van der Waals surface area contributed by atoms with E-state index in [1.165, 1.54) is 4.80 Å². The first kappa shape index (κ1) is 8.62. The highest BCUT2D eigenvalue weighted by Gasteiger charge is 2.03. The molecule has 0 saturated heterocycles. The van der Waals surface area contributed by atoms with Crippen molar-refractivity contribution in [2.75, 3.05) is 0 Å². The number of tetrazole rings is 1. The van der Waals surface area contributed by atoms with Gasteiger partial charge in [-0.3, -0.25) is 0 Å². The van der Waals surface area contributed by atoms with Crippen LogP contribution in [0.1, 0.15) is 5.56 Å². The smallest absolute Gasteiger partial charge is 0.167 e. The summed E-state index contributed by atoms with van der Waals surface area (Å²) in [5.74, 6) is 0.635. The first-order chi connectivity index (χ1) is 6.79. The summed E-state index contributed by atoms with van der Waals surface area (Å²) in [5, 5.41) is 11.8. The summed E-state index contributed by atoms with van der Waals surface area (Å²) in [4.78, 5) is 1.44. The third-order valence-electron chi connectivity index (χ3n) is 1.89. The van der Waals surface area contributed by atoms with Crippen LogP contribution in [0.5, 0.6) is 0 Å². The molecule has 0 bridgehead atoms. The van der Waals surface area contributed by atoms with E-state index in [2.05, 4.69) is 22.0 Å². The topological polar surface area (TPSA) is 43.6 Å². The summed E-state index contributed by atoms with van der Waals surface area (Å²) in [6, 6.07) is 7.85. The normalized spacial score (nSPS) is 10.1. The highest BCUT2D eigenvalue weighted by atomic mass is 15.6. The van der Waals surface area contributed by atoms with Gasteiger partial charge in [0.2, 0.25) is 5.82 Å². The fourth-order valence-electron chi connectivity index (χ4n) is 1.20. The molecular formula is C10H10N4. The minimum Gasteiger partial charge on any atom is -0.167 e. The minimum absolute atomic E-state index is 0.635. The SMILES string of the molecule is C=Cc1cccc(-c2nnn(C)n2)c1. The Morgan fingerprint density at radius 1 is 1.43 bits per heavy atom. The van der Waals surface area contributed by atoms with Crippen LogP contribution in [0, 0.1) is 0 Å². The van der Waals surface area contributed by atoms with Crippen molar-refractivity contribution in [3.8, 4) is 11.4 Å². The van der Waals surface area contributed by atoms with Gasteiger partial charge >= 0.3 is 0 Å². The second kappa shape index (κ2) is 3.41. The molecule has 0 atom stereocenters. The maximum Gasteiger partial charge on any atom is 0.204 e. The molecule has 2 aromatic rings. The minimum atomic E-state index is 0.635. The molecule has 0 radical (unpaired) electrons. The summed E-state index contributed by atoms with van der Waals surface area (Å²) in [6.07, 6.45) is 1.79. The van der Waals surface area contributed by atoms with Gasteiger partial charge in [-0.1, -0.05) is 30.9 Å². The van der Waals surface area contributed by atoms with Gasteiger partial charge in [-0.2, -0.15) is 4.80 Å². The Morgan fingerprint density at radius 3 is 2.93 bits per heavy atom. The summed E-state index contributed by atoms with van der Waals surface area (Å²) < 4.78 is 0. The third kappa shape index (κ3) is 1.54. The highest BCUT2D eigenvalue weighted by Crippen LogP contribution is 2.15. The molecule has 4 heteroatoms. The molecule has 0 unspecified atom stereocenters. The van der Waals surface area contributed by atoms with E-state index in [4.69, 9.17) is 0 Å². The monoisotopic (exact) mass is 186 g/mol. The Balaban J connectivity index is 2.46. The zero-order valence-corrected chi connectivity index (χ0v) is 7.88. The molecule has 0 N–H and O–H groups in total. The molecule has 4 nitrogen and oxygen atoms in total. The first-order valence-corrected chi connectivity index (χ1v) is 4.26. The van der Waals surface area contributed by atoms with Gasteiger partial charge in [0.15, 0.2) is 0 Å². The van der Waals surface area contributed by atoms with Crippen LogP contribution in [0.4, 0.5) is 0 Å². The molecule has 1 aromatic carbocycles. The standard InChI is InChI=1S/C10H10N4/c1-3-8-5-4-6-9(7-8)10-11-13-14(2)12-10/h3-7H,1H2,2H3. The van der Waals surface area contributed by atoms with Crippen molar-refractivity contribution in [3.05, 3.63) is 36.4 Å². The number of benzene rings is 1. The number of aryl methyl sites for hydroxylation is 1. The molecule has 70 valence electrons. The lowest BCUT2D eigenvalue weighted by Gasteiger charge is -1.95. The van der Waals surface area contributed by atoms with E-state index in [0.717, 1.165) is 11.1 Å². The van der Waals surface area contributed by atoms with E-state index in [-0.39, 0.29) is 0 Å². The van der Waals surface area contributed by atoms with E-state index in [1.807, 2.05) is 24.3 Å². The Morgan fingerprint density at radius 2 is 2.29 bits per heavy atom. The van der Waals surface area contributed by atoms with E-state index >= 15 is 0 Å². The lowest BCUT2D eigenvalue weighted by molar-refractivity contribution is 0.630. The highest BCUT2D eigenvalue weighted by molar-refractivity contribution is 5.60. The van der Waals surface area contributed by atoms with Crippen molar-refractivity contribution < 1.29 is 0 Å². The van der Waals surface area contributed by atoms with Gasteiger partial charge in [-0.05, 0) is 16.8 Å². The fraction of sp³-hybridized carbons (Fsp3) is 0.100. The van der Waals surface area contributed by atoms with Crippen LogP contribution >= 0.6 is 0 Å². The molecule has 2 rings (SSSR count). The van der Waals surface area contributed by atoms with E-state index in [0.29, 0.717) is 5.82 Å². The van der Waals surface area contributed by atoms with E-state index in [9.17, 15) is 0 Å². The molecular weight excluding hydrogens is 176 g/mol. The van der Waals surface area contributed by atoms with Gasteiger partial charge in [0.1, 0.15) is 0 Å². The molecule has 1 aromatic heterocycles. The average molecular weight is 186 g/mol. The quantitative estimate of drug-likeness (QED) is 0.714. The van der Waals surface area contributed by atoms with Gasteiger partial charge in [0.05, 0.1) is 7.05 Å². The summed E-state index contributed by atoms with van der Waals surface area (Å²) in [7, 11) is 1.74. The van der Waals surface area contributed by atoms with Crippen molar-refractivity contribution in [1.82, 2.24) is 20.2 Å². The summed E-state index contributed by atoms with van der Waals surface area (Å²) in [5.41, 5.74) is 2.01. The molecule has 0 fully saturated rings. The van der Waals surface area contributed by atoms with Gasteiger partial charge in [-0.15, -0.1) is 10.2 Å². The molecule has 0 aliphatic carbocycles. The Labute approximate surface area is 81.9 Å². The predicted octanol–water partition coefficient (Wildman–Crippen LogP) is 1.52. The third-order valence-corrected chi connectivity index (χ3v) is 1.89. The number of hydrogen-bond acceptors (Lipinski definition) is 3. The van der Waals surface area contributed by atoms with Crippen molar-refractivity contribution in [3.63, 3.8) is 0 Å². The molecule has 0 saturated carbocycles. The van der Waals surface area contributed by atoms with Crippen LogP contribution in [-0.4, -0.2) is 20.2 Å². The van der Waals surface area contributed by atoms with Crippen LogP contribution < -0.4 is 0 Å². The van der Waals surface area contributed by atoms with Gasteiger partial charge in [-0.25, -0.2) is 0 Å². The van der Waals surface area contributed by atoms with Crippen LogP contribution in [0.3, 0.4) is 0 Å². The number of hydrogen-bond donors (Lipinski definition) is 0. The van der Waals surface area contributed by atoms with Crippen molar-refractivity contribution >= 4 is 6.08 Å². The van der Waals surface area contributed by atoms with Crippen LogP contribution in [0.15, 0.2) is 30.8 Å². The van der Waals surface area contributed by atoms with Crippen LogP contribution in [0.2, 0.25) is 0 Å². The predicted molar refractivity (Wildman–Crippen MR) is 54.3 cm³/mol. The Kier molecular flexibility index (Phi) is 2.10. The molecule has 0 amide bonds. The van der Waals surface area contributed by atoms with Crippen LogP contribution in [-0.2, 0) is 7.05 Å². The largest absolute Gasteiger partial charge is 0.204 e. The molecule has 0 spiro atoms. The Hall–Kier alpha value is -1.97. The van der Waals surface area contributed by atoms with Crippen molar-refractivity contribution in [2.45, 2.75) is 0 Å². The molecule has 0 aliphatic rings. The second-order valence-electron chi connectivity index (χ2n) is 2.93. The molecule has 0 aliphatic heterocycles. The summed E-state index contributed by atoms with van der Waals surface area (Å²) >= 11 is 0. The van der Waals surface area contributed by atoms with Crippen molar-refractivity contribution in [1.29, 1.82) is 0 Å². The van der Waals surface area contributed by atoms with Gasteiger partial charge in [0, 0.05) is 5.56 Å². The van der Waals surface area contributed by atoms with Crippen LogP contribution in [0.25, 0.3) is 17.5 Å². The van der Waals surface area contributed by atoms with E-state index < -0.39 is 0 Å². The Bertz CT molecular complexity index is 459. The maximum absolute atomic E-state index is 4.12. The number of nitrogens with zero attached hydrogens (tertiary/aromatic N) is 4. The molecule has 1 heterocycles. The first-order valence-electron chi connectivity index (χ1n) is 4.26. The van der Waals surface area contributed by atoms with Gasteiger partial charge < -0.3 is 0 Å². The zero-order valence-electron chi connectivity index (χ0n) is 7.88.